The Morgan fingerprint density at radius 3 is 2.44 bits per heavy atom. The van der Waals surface area contributed by atoms with Crippen molar-refractivity contribution in [3.63, 3.8) is 0 Å². The summed E-state index contributed by atoms with van der Waals surface area (Å²) in [5, 5.41) is 4.76. The van der Waals surface area contributed by atoms with E-state index >= 15 is 0 Å². The van der Waals surface area contributed by atoms with E-state index in [2.05, 4.69) is 5.32 Å². The first kappa shape index (κ1) is 16.7. The minimum absolute atomic E-state index is 0.320. The second-order valence-corrected chi connectivity index (χ2v) is 6.00. The SMILES string of the molecule is Cc1ccc(NC(=O)COC(=O)c2ccc3ccccc3c2)c(C)c1. The summed E-state index contributed by atoms with van der Waals surface area (Å²) in [6.07, 6.45) is 0. The molecule has 1 N–H and O–H groups in total. The van der Waals surface area contributed by atoms with Crippen molar-refractivity contribution in [3.05, 3.63) is 77.4 Å². The van der Waals surface area contributed by atoms with Crippen LogP contribution in [0, 0.1) is 13.8 Å². The van der Waals surface area contributed by atoms with Gasteiger partial charge in [0, 0.05) is 5.69 Å². The first-order chi connectivity index (χ1) is 12.0. The summed E-state index contributed by atoms with van der Waals surface area (Å²) in [5.74, 6) is -0.873. The van der Waals surface area contributed by atoms with Crippen LogP contribution in [0.2, 0.25) is 0 Å². The molecule has 0 bridgehead atoms. The summed E-state index contributed by atoms with van der Waals surface area (Å²) in [6.45, 7) is 3.59. The maximum atomic E-state index is 12.2. The third kappa shape index (κ3) is 4.04. The summed E-state index contributed by atoms with van der Waals surface area (Å²) >= 11 is 0. The number of amides is 1. The quantitative estimate of drug-likeness (QED) is 0.726. The molecule has 0 aliphatic carbocycles. The molecule has 0 saturated carbocycles. The van der Waals surface area contributed by atoms with Gasteiger partial charge in [0.1, 0.15) is 0 Å². The molecule has 4 nitrogen and oxygen atoms in total. The van der Waals surface area contributed by atoms with Gasteiger partial charge in [-0.15, -0.1) is 0 Å². The molecule has 0 radical (unpaired) electrons. The molecule has 3 rings (SSSR count). The molecular weight excluding hydrogens is 314 g/mol. The predicted molar refractivity (Wildman–Crippen MR) is 98.8 cm³/mol. The van der Waals surface area contributed by atoms with Gasteiger partial charge in [0.05, 0.1) is 5.56 Å². The zero-order valence-electron chi connectivity index (χ0n) is 14.2. The fourth-order valence-corrected chi connectivity index (χ4v) is 2.67. The fourth-order valence-electron chi connectivity index (χ4n) is 2.67. The van der Waals surface area contributed by atoms with E-state index < -0.39 is 5.97 Å². The Labute approximate surface area is 146 Å². The van der Waals surface area contributed by atoms with E-state index in [-0.39, 0.29) is 12.5 Å². The second kappa shape index (κ2) is 7.18. The molecular formula is C21H19NO3. The third-order valence-electron chi connectivity index (χ3n) is 3.98. The number of ether oxygens (including phenoxy) is 1. The molecule has 0 fully saturated rings. The van der Waals surface area contributed by atoms with Crippen LogP contribution in [0.5, 0.6) is 0 Å². The summed E-state index contributed by atoms with van der Waals surface area (Å²) in [7, 11) is 0. The van der Waals surface area contributed by atoms with E-state index in [9.17, 15) is 9.59 Å². The van der Waals surface area contributed by atoms with E-state index in [4.69, 9.17) is 4.74 Å². The van der Waals surface area contributed by atoms with Crippen LogP contribution in [-0.4, -0.2) is 18.5 Å². The van der Waals surface area contributed by atoms with Gasteiger partial charge in [-0.3, -0.25) is 4.79 Å². The number of anilines is 1. The number of fused-ring (bicyclic) bond motifs is 1. The van der Waals surface area contributed by atoms with Gasteiger partial charge >= 0.3 is 5.97 Å². The van der Waals surface area contributed by atoms with E-state index in [1.807, 2.05) is 62.4 Å². The molecule has 0 atom stereocenters. The zero-order chi connectivity index (χ0) is 17.8. The average molecular weight is 333 g/mol. The number of benzene rings is 3. The highest BCUT2D eigenvalue weighted by atomic mass is 16.5. The number of esters is 1. The molecule has 3 aromatic rings. The van der Waals surface area contributed by atoms with Gasteiger partial charge in [0.2, 0.25) is 0 Å². The van der Waals surface area contributed by atoms with Gasteiger partial charge in [0.25, 0.3) is 5.91 Å². The van der Waals surface area contributed by atoms with Crippen LogP contribution in [0.4, 0.5) is 5.69 Å². The van der Waals surface area contributed by atoms with Crippen molar-refractivity contribution < 1.29 is 14.3 Å². The fraction of sp³-hybridized carbons (Fsp3) is 0.143. The number of carbonyl (C=O) groups excluding carboxylic acids is 2. The Hall–Kier alpha value is -3.14. The Bertz CT molecular complexity index is 947. The lowest BCUT2D eigenvalue weighted by Gasteiger charge is -2.10. The first-order valence-corrected chi connectivity index (χ1v) is 8.06. The van der Waals surface area contributed by atoms with Crippen molar-refractivity contribution in [2.75, 3.05) is 11.9 Å². The molecule has 1 amide bonds. The Kier molecular flexibility index (Phi) is 4.80. The monoisotopic (exact) mass is 333 g/mol. The molecule has 0 aliphatic heterocycles. The van der Waals surface area contributed by atoms with Gasteiger partial charge in [-0.05, 0) is 48.4 Å². The van der Waals surface area contributed by atoms with Crippen molar-refractivity contribution in [1.29, 1.82) is 0 Å². The Balaban J connectivity index is 1.61. The predicted octanol–water partition coefficient (Wildman–Crippen LogP) is 4.25. The van der Waals surface area contributed by atoms with Gasteiger partial charge < -0.3 is 10.1 Å². The molecule has 126 valence electrons. The smallest absolute Gasteiger partial charge is 0.338 e. The lowest BCUT2D eigenvalue weighted by atomic mass is 10.1. The Morgan fingerprint density at radius 2 is 1.68 bits per heavy atom. The van der Waals surface area contributed by atoms with Crippen LogP contribution >= 0.6 is 0 Å². The average Bonchev–Trinajstić information content (AvgIpc) is 2.61. The van der Waals surface area contributed by atoms with Crippen LogP contribution in [0.1, 0.15) is 21.5 Å². The molecule has 0 unspecified atom stereocenters. The third-order valence-corrected chi connectivity index (χ3v) is 3.98. The largest absolute Gasteiger partial charge is 0.452 e. The molecule has 3 aromatic carbocycles. The highest BCUT2D eigenvalue weighted by Gasteiger charge is 2.11. The molecule has 0 saturated heterocycles. The van der Waals surface area contributed by atoms with Gasteiger partial charge in [-0.25, -0.2) is 4.79 Å². The van der Waals surface area contributed by atoms with Crippen molar-refractivity contribution in [1.82, 2.24) is 0 Å². The van der Waals surface area contributed by atoms with Crippen LogP contribution < -0.4 is 5.32 Å². The summed E-state index contributed by atoms with van der Waals surface area (Å²) < 4.78 is 5.12. The number of aryl methyl sites for hydroxylation is 2. The van der Waals surface area contributed by atoms with Crippen LogP contribution in [0.25, 0.3) is 10.8 Å². The number of nitrogens with one attached hydrogen (secondary N) is 1. The highest BCUT2D eigenvalue weighted by molar-refractivity contribution is 5.98. The molecule has 4 heteroatoms. The molecule has 0 aromatic heterocycles. The normalized spacial score (nSPS) is 10.5. The maximum absolute atomic E-state index is 12.2. The lowest BCUT2D eigenvalue weighted by Crippen LogP contribution is -2.21. The standard InChI is InChI=1S/C21H19NO3/c1-14-7-10-19(15(2)11-14)22-20(23)13-25-21(24)18-9-8-16-5-3-4-6-17(16)12-18/h3-12H,13H2,1-2H3,(H,22,23). The van der Waals surface area contributed by atoms with Crippen LogP contribution in [0.3, 0.4) is 0 Å². The minimum Gasteiger partial charge on any atom is -0.452 e. The van der Waals surface area contributed by atoms with Crippen molar-refractivity contribution in [3.8, 4) is 0 Å². The topological polar surface area (TPSA) is 55.4 Å². The maximum Gasteiger partial charge on any atom is 0.338 e. The molecule has 0 heterocycles. The molecule has 0 spiro atoms. The number of hydrogen-bond donors (Lipinski definition) is 1. The van der Waals surface area contributed by atoms with Crippen molar-refractivity contribution >= 4 is 28.3 Å². The number of hydrogen-bond acceptors (Lipinski definition) is 3. The van der Waals surface area contributed by atoms with Gasteiger partial charge in [-0.2, -0.15) is 0 Å². The van der Waals surface area contributed by atoms with Gasteiger partial charge in [0.15, 0.2) is 6.61 Å². The van der Waals surface area contributed by atoms with Crippen molar-refractivity contribution in [2.45, 2.75) is 13.8 Å². The van der Waals surface area contributed by atoms with E-state index in [1.54, 1.807) is 12.1 Å². The summed E-state index contributed by atoms with van der Waals surface area (Å²) in [5.41, 5.74) is 3.24. The number of rotatable bonds is 4. The minimum atomic E-state index is -0.512. The van der Waals surface area contributed by atoms with Crippen LogP contribution in [0.15, 0.2) is 60.7 Å². The van der Waals surface area contributed by atoms with E-state index in [0.29, 0.717) is 5.56 Å². The summed E-state index contributed by atoms with van der Waals surface area (Å²) in [4.78, 5) is 24.2. The van der Waals surface area contributed by atoms with E-state index in [0.717, 1.165) is 27.6 Å². The van der Waals surface area contributed by atoms with Crippen LogP contribution in [-0.2, 0) is 9.53 Å². The van der Waals surface area contributed by atoms with Crippen molar-refractivity contribution in [2.24, 2.45) is 0 Å². The number of carbonyl (C=O) groups is 2. The lowest BCUT2D eigenvalue weighted by molar-refractivity contribution is -0.119. The van der Waals surface area contributed by atoms with Gasteiger partial charge in [-0.1, -0.05) is 48.0 Å². The highest BCUT2D eigenvalue weighted by Crippen LogP contribution is 2.17. The Morgan fingerprint density at radius 1 is 0.920 bits per heavy atom. The first-order valence-electron chi connectivity index (χ1n) is 8.06. The molecule has 25 heavy (non-hydrogen) atoms. The zero-order valence-corrected chi connectivity index (χ0v) is 14.2. The molecule has 0 aliphatic rings. The van der Waals surface area contributed by atoms with E-state index in [1.165, 1.54) is 0 Å². The summed E-state index contributed by atoms with van der Waals surface area (Å²) in [6, 6.07) is 18.8. The second-order valence-electron chi connectivity index (χ2n) is 6.00.